The Morgan fingerprint density at radius 2 is 1.90 bits per heavy atom. The highest BCUT2D eigenvalue weighted by Crippen LogP contribution is 2.35. The van der Waals surface area contributed by atoms with Crippen molar-refractivity contribution < 1.29 is 13.9 Å². The van der Waals surface area contributed by atoms with Gasteiger partial charge < -0.3 is 14.5 Å². The van der Waals surface area contributed by atoms with Crippen LogP contribution in [0.1, 0.15) is 0 Å². The normalized spacial score (nSPS) is 14.1. The van der Waals surface area contributed by atoms with E-state index in [1.54, 1.807) is 4.90 Å². The summed E-state index contributed by atoms with van der Waals surface area (Å²) in [4.78, 5) is 24.1. The highest BCUT2D eigenvalue weighted by Gasteiger charge is 2.21. The standard InChI is InChI=1S/C21H17Cl2FN4O2/c1-2-18(29)28-9-7-27(8-10-28)13-3-5-16-14(11-13)21(26-12-25-16)30-17-6-4-15(22)19(23)20(17)24/h2-6,11-12H,1,7-10H2. The fourth-order valence-electron chi connectivity index (χ4n) is 3.30. The summed E-state index contributed by atoms with van der Waals surface area (Å²) >= 11 is 11.7. The zero-order valence-corrected chi connectivity index (χ0v) is 17.3. The monoisotopic (exact) mass is 446 g/mol. The fourth-order valence-corrected chi connectivity index (χ4v) is 3.61. The van der Waals surface area contributed by atoms with Crippen LogP contribution in [0.25, 0.3) is 10.9 Å². The minimum atomic E-state index is -0.755. The van der Waals surface area contributed by atoms with Gasteiger partial charge in [-0.25, -0.2) is 14.4 Å². The Hall–Kier alpha value is -2.90. The molecule has 0 saturated carbocycles. The lowest BCUT2D eigenvalue weighted by atomic mass is 10.2. The molecule has 1 aliphatic heterocycles. The molecule has 0 spiro atoms. The molecule has 1 fully saturated rings. The Balaban J connectivity index is 1.63. The van der Waals surface area contributed by atoms with E-state index >= 15 is 0 Å². The van der Waals surface area contributed by atoms with E-state index in [2.05, 4.69) is 21.4 Å². The highest BCUT2D eigenvalue weighted by molar-refractivity contribution is 6.42. The van der Waals surface area contributed by atoms with E-state index in [-0.39, 0.29) is 27.6 Å². The van der Waals surface area contributed by atoms with Gasteiger partial charge in [0.25, 0.3) is 0 Å². The van der Waals surface area contributed by atoms with Gasteiger partial charge >= 0.3 is 0 Å². The lowest BCUT2D eigenvalue weighted by Crippen LogP contribution is -2.48. The van der Waals surface area contributed by atoms with Gasteiger partial charge in [0.05, 0.1) is 20.9 Å². The van der Waals surface area contributed by atoms with Crippen LogP contribution in [0.3, 0.4) is 0 Å². The van der Waals surface area contributed by atoms with Crippen LogP contribution in [-0.2, 0) is 4.79 Å². The number of ether oxygens (including phenoxy) is 1. The van der Waals surface area contributed by atoms with E-state index in [0.717, 1.165) is 5.69 Å². The van der Waals surface area contributed by atoms with Crippen molar-refractivity contribution in [2.24, 2.45) is 0 Å². The van der Waals surface area contributed by atoms with Gasteiger partial charge in [-0.05, 0) is 36.4 Å². The predicted octanol–water partition coefficient (Wildman–Crippen LogP) is 4.70. The predicted molar refractivity (Wildman–Crippen MR) is 115 cm³/mol. The Labute approximate surface area is 182 Å². The van der Waals surface area contributed by atoms with Gasteiger partial charge in [-0.15, -0.1) is 0 Å². The zero-order chi connectivity index (χ0) is 21.3. The molecule has 30 heavy (non-hydrogen) atoms. The second-order valence-electron chi connectivity index (χ2n) is 6.67. The molecule has 1 aromatic heterocycles. The second-order valence-corrected chi connectivity index (χ2v) is 7.46. The first-order chi connectivity index (χ1) is 14.5. The first kappa shape index (κ1) is 20.4. The van der Waals surface area contributed by atoms with Gasteiger partial charge in [-0.3, -0.25) is 4.79 Å². The van der Waals surface area contributed by atoms with Crippen molar-refractivity contribution in [1.82, 2.24) is 14.9 Å². The summed E-state index contributed by atoms with van der Waals surface area (Å²) in [5.41, 5.74) is 1.59. The molecule has 0 radical (unpaired) electrons. The van der Waals surface area contributed by atoms with Crippen LogP contribution in [0.4, 0.5) is 10.1 Å². The summed E-state index contributed by atoms with van der Waals surface area (Å²) in [7, 11) is 0. The van der Waals surface area contributed by atoms with Crippen LogP contribution < -0.4 is 9.64 Å². The number of fused-ring (bicyclic) bond motifs is 1. The average molecular weight is 447 g/mol. The van der Waals surface area contributed by atoms with Crippen molar-refractivity contribution in [2.75, 3.05) is 31.1 Å². The SMILES string of the molecule is C=CC(=O)N1CCN(c2ccc3ncnc(Oc4ccc(Cl)c(Cl)c4F)c3c2)CC1. The minimum absolute atomic E-state index is 0.0686. The molecule has 2 heterocycles. The summed E-state index contributed by atoms with van der Waals surface area (Å²) in [5, 5.41) is 0.524. The fraction of sp³-hybridized carbons (Fsp3) is 0.190. The minimum Gasteiger partial charge on any atom is -0.435 e. The number of carbonyl (C=O) groups excluding carboxylic acids is 1. The van der Waals surface area contributed by atoms with E-state index in [0.29, 0.717) is 37.1 Å². The smallest absolute Gasteiger partial charge is 0.246 e. The second kappa shape index (κ2) is 8.45. The van der Waals surface area contributed by atoms with Gasteiger partial charge in [0.1, 0.15) is 6.33 Å². The molecule has 0 atom stereocenters. The molecule has 6 nitrogen and oxygen atoms in total. The Bertz CT molecular complexity index is 1130. The number of benzene rings is 2. The van der Waals surface area contributed by atoms with Gasteiger partial charge in [-0.2, -0.15) is 0 Å². The quantitative estimate of drug-likeness (QED) is 0.429. The summed E-state index contributed by atoms with van der Waals surface area (Å²) < 4.78 is 20.1. The number of halogens is 3. The third-order valence-corrected chi connectivity index (χ3v) is 5.70. The molecular formula is C21H17Cl2FN4O2. The molecule has 0 N–H and O–H groups in total. The molecule has 1 saturated heterocycles. The largest absolute Gasteiger partial charge is 0.435 e. The van der Waals surface area contributed by atoms with Crippen LogP contribution in [0.2, 0.25) is 10.0 Å². The lowest BCUT2D eigenvalue weighted by Gasteiger charge is -2.35. The van der Waals surface area contributed by atoms with E-state index < -0.39 is 5.82 Å². The molecule has 4 rings (SSSR count). The van der Waals surface area contributed by atoms with E-state index in [4.69, 9.17) is 27.9 Å². The van der Waals surface area contributed by atoms with Gasteiger partial charge in [-0.1, -0.05) is 29.8 Å². The molecule has 1 amide bonds. The number of aromatic nitrogens is 2. The highest BCUT2D eigenvalue weighted by atomic mass is 35.5. The lowest BCUT2D eigenvalue weighted by molar-refractivity contribution is -0.126. The van der Waals surface area contributed by atoms with Gasteiger partial charge in [0, 0.05) is 31.9 Å². The number of piperazine rings is 1. The molecule has 2 aromatic carbocycles. The third kappa shape index (κ3) is 3.91. The average Bonchev–Trinajstić information content (AvgIpc) is 2.79. The van der Waals surface area contributed by atoms with Crippen LogP contribution in [0, 0.1) is 5.82 Å². The molecule has 3 aromatic rings. The Morgan fingerprint density at radius 1 is 1.13 bits per heavy atom. The van der Waals surface area contributed by atoms with E-state index in [1.165, 1.54) is 24.5 Å². The summed E-state index contributed by atoms with van der Waals surface area (Å²) in [6.07, 6.45) is 2.68. The van der Waals surface area contributed by atoms with Crippen molar-refractivity contribution >= 4 is 45.7 Å². The molecular weight excluding hydrogens is 430 g/mol. The van der Waals surface area contributed by atoms with Crippen LogP contribution in [0.15, 0.2) is 49.3 Å². The third-order valence-electron chi connectivity index (χ3n) is 4.92. The topological polar surface area (TPSA) is 58.6 Å². The van der Waals surface area contributed by atoms with Crippen LogP contribution >= 0.6 is 23.2 Å². The van der Waals surface area contributed by atoms with E-state index in [9.17, 15) is 9.18 Å². The number of hydrogen-bond acceptors (Lipinski definition) is 5. The first-order valence-electron chi connectivity index (χ1n) is 9.20. The maximum absolute atomic E-state index is 14.4. The Kier molecular flexibility index (Phi) is 5.74. The van der Waals surface area contributed by atoms with Crippen molar-refractivity contribution in [3.05, 3.63) is 65.2 Å². The molecule has 9 heteroatoms. The number of amides is 1. The number of nitrogens with zero attached hydrogens (tertiary/aromatic N) is 4. The summed E-state index contributed by atoms with van der Waals surface area (Å²) in [6.45, 7) is 6.09. The maximum atomic E-state index is 14.4. The van der Waals surface area contributed by atoms with Gasteiger partial charge in [0.2, 0.25) is 11.8 Å². The molecule has 0 aliphatic carbocycles. The zero-order valence-electron chi connectivity index (χ0n) is 15.8. The number of hydrogen-bond donors (Lipinski definition) is 0. The van der Waals surface area contributed by atoms with Crippen molar-refractivity contribution in [3.63, 3.8) is 0 Å². The molecule has 154 valence electrons. The number of rotatable bonds is 4. The summed E-state index contributed by atoms with van der Waals surface area (Å²) in [6, 6.07) is 8.55. The van der Waals surface area contributed by atoms with Crippen molar-refractivity contribution in [3.8, 4) is 11.6 Å². The van der Waals surface area contributed by atoms with E-state index in [1.807, 2.05) is 18.2 Å². The first-order valence-corrected chi connectivity index (χ1v) is 9.96. The van der Waals surface area contributed by atoms with Crippen molar-refractivity contribution in [1.29, 1.82) is 0 Å². The Morgan fingerprint density at radius 3 is 2.63 bits per heavy atom. The van der Waals surface area contributed by atoms with Crippen LogP contribution in [-0.4, -0.2) is 47.0 Å². The molecule has 0 unspecified atom stereocenters. The van der Waals surface area contributed by atoms with Crippen molar-refractivity contribution in [2.45, 2.75) is 0 Å². The summed E-state index contributed by atoms with van der Waals surface area (Å²) in [5.74, 6) is -0.693. The molecule has 0 bridgehead atoms. The maximum Gasteiger partial charge on any atom is 0.246 e. The molecule has 1 aliphatic rings. The van der Waals surface area contributed by atoms with Crippen LogP contribution in [0.5, 0.6) is 11.6 Å². The number of carbonyl (C=O) groups is 1. The number of anilines is 1. The van der Waals surface area contributed by atoms with Gasteiger partial charge in [0.15, 0.2) is 11.6 Å².